The van der Waals surface area contributed by atoms with Crippen molar-refractivity contribution in [2.75, 3.05) is 18.5 Å². The molecular formula is C10H10BrNO2. The summed E-state index contributed by atoms with van der Waals surface area (Å²) >= 11 is 3.39. The molecule has 4 heteroatoms. The molecule has 74 valence electrons. The van der Waals surface area contributed by atoms with Crippen molar-refractivity contribution < 1.29 is 9.90 Å². The highest BCUT2D eigenvalue weighted by Gasteiger charge is 2.33. The van der Waals surface area contributed by atoms with Crippen molar-refractivity contribution in [1.29, 1.82) is 0 Å². The van der Waals surface area contributed by atoms with Gasteiger partial charge in [0, 0.05) is 29.3 Å². The van der Waals surface area contributed by atoms with Crippen LogP contribution in [-0.2, 0) is 4.79 Å². The molecule has 1 heterocycles. The van der Waals surface area contributed by atoms with E-state index in [0.29, 0.717) is 6.54 Å². The van der Waals surface area contributed by atoms with Crippen LogP contribution in [0, 0.1) is 0 Å². The largest absolute Gasteiger partial charge is 0.481 e. The summed E-state index contributed by atoms with van der Waals surface area (Å²) in [4.78, 5) is 13.0. The molecule has 1 aliphatic rings. The normalized spacial score (nSPS) is 19.6. The van der Waals surface area contributed by atoms with Crippen molar-refractivity contribution in [2.45, 2.75) is 5.92 Å². The van der Waals surface area contributed by atoms with Crippen LogP contribution in [-0.4, -0.2) is 24.7 Å². The fourth-order valence-corrected chi connectivity index (χ4v) is 2.50. The van der Waals surface area contributed by atoms with E-state index < -0.39 is 11.9 Å². The lowest BCUT2D eigenvalue weighted by atomic mass is 10.0. The highest BCUT2D eigenvalue weighted by molar-refractivity contribution is 9.10. The first kappa shape index (κ1) is 9.52. The van der Waals surface area contributed by atoms with Crippen molar-refractivity contribution in [3.63, 3.8) is 0 Å². The van der Waals surface area contributed by atoms with Gasteiger partial charge < -0.3 is 10.0 Å². The Labute approximate surface area is 90.5 Å². The van der Waals surface area contributed by atoms with Crippen LogP contribution in [0.4, 0.5) is 5.69 Å². The summed E-state index contributed by atoms with van der Waals surface area (Å²) in [5.74, 6) is -1.17. The van der Waals surface area contributed by atoms with E-state index in [4.69, 9.17) is 5.11 Å². The molecule has 2 rings (SSSR count). The maximum Gasteiger partial charge on any atom is 0.312 e. The minimum atomic E-state index is -0.762. The van der Waals surface area contributed by atoms with Gasteiger partial charge in [-0.3, -0.25) is 4.79 Å². The number of halogens is 1. The lowest BCUT2D eigenvalue weighted by molar-refractivity contribution is -0.138. The number of benzene rings is 1. The van der Waals surface area contributed by atoms with Crippen LogP contribution in [0.15, 0.2) is 22.7 Å². The Kier molecular flexibility index (Phi) is 2.23. The van der Waals surface area contributed by atoms with Crippen molar-refractivity contribution in [3.05, 3.63) is 28.2 Å². The van der Waals surface area contributed by atoms with E-state index in [-0.39, 0.29) is 0 Å². The minimum absolute atomic E-state index is 0.412. The lowest BCUT2D eigenvalue weighted by Crippen LogP contribution is -2.20. The van der Waals surface area contributed by atoms with Crippen LogP contribution in [0.3, 0.4) is 0 Å². The Morgan fingerprint density at radius 1 is 1.64 bits per heavy atom. The number of anilines is 1. The van der Waals surface area contributed by atoms with Gasteiger partial charge in [-0.1, -0.05) is 22.0 Å². The van der Waals surface area contributed by atoms with Crippen molar-refractivity contribution in [1.82, 2.24) is 0 Å². The maximum absolute atomic E-state index is 11.0. The highest BCUT2D eigenvalue weighted by atomic mass is 79.9. The number of carbonyl (C=O) groups is 1. The number of fused-ring (bicyclic) bond motifs is 1. The molecule has 0 fully saturated rings. The Bertz CT molecular complexity index is 392. The third-order valence-corrected chi connectivity index (χ3v) is 3.24. The van der Waals surface area contributed by atoms with E-state index in [9.17, 15) is 4.79 Å². The molecule has 1 unspecified atom stereocenters. The maximum atomic E-state index is 11.0. The molecule has 1 atom stereocenters. The van der Waals surface area contributed by atoms with Gasteiger partial charge in [0.2, 0.25) is 0 Å². The first-order valence-corrected chi connectivity index (χ1v) is 5.13. The average molecular weight is 256 g/mol. The van der Waals surface area contributed by atoms with Gasteiger partial charge >= 0.3 is 5.97 Å². The fourth-order valence-electron chi connectivity index (χ4n) is 1.87. The Morgan fingerprint density at radius 3 is 3.00 bits per heavy atom. The molecule has 0 amide bonds. The van der Waals surface area contributed by atoms with Gasteiger partial charge in [-0.25, -0.2) is 0 Å². The van der Waals surface area contributed by atoms with Gasteiger partial charge in [0.05, 0.1) is 0 Å². The molecule has 3 nitrogen and oxygen atoms in total. The van der Waals surface area contributed by atoms with Gasteiger partial charge in [0.25, 0.3) is 0 Å². The van der Waals surface area contributed by atoms with Gasteiger partial charge in [-0.05, 0) is 12.1 Å². The average Bonchev–Trinajstić information content (AvgIpc) is 2.46. The SMILES string of the molecule is CN1CC(C(=O)O)c2c(Br)cccc21. The number of aliphatic carboxylic acids is 1. The molecule has 1 aliphatic heterocycles. The number of likely N-dealkylation sites (N-methyl/N-ethyl adjacent to an activating group) is 1. The molecule has 0 aliphatic carbocycles. The molecule has 0 aromatic heterocycles. The molecular weight excluding hydrogens is 246 g/mol. The molecule has 0 radical (unpaired) electrons. The first-order valence-electron chi connectivity index (χ1n) is 4.33. The zero-order valence-electron chi connectivity index (χ0n) is 7.70. The van der Waals surface area contributed by atoms with E-state index >= 15 is 0 Å². The molecule has 1 N–H and O–H groups in total. The number of carboxylic acids is 1. The molecule has 1 aromatic carbocycles. The fraction of sp³-hybridized carbons (Fsp3) is 0.300. The second-order valence-corrected chi connectivity index (χ2v) is 4.30. The van der Waals surface area contributed by atoms with Gasteiger partial charge in [0.1, 0.15) is 5.92 Å². The molecule has 0 saturated carbocycles. The highest BCUT2D eigenvalue weighted by Crippen LogP contribution is 2.39. The van der Waals surface area contributed by atoms with E-state index in [1.807, 2.05) is 30.1 Å². The topological polar surface area (TPSA) is 40.5 Å². The van der Waals surface area contributed by atoms with Crippen molar-refractivity contribution in [3.8, 4) is 0 Å². The van der Waals surface area contributed by atoms with Crippen LogP contribution in [0.2, 0.25) is 0 Å². The predicted octanol–water partition coefficient (Wildman–Crippen LogP) is 2.07. The van der Waals surface area contributed by atoms with Crippen LogP contribution in [0.25, 0.3) is 0 Å². The van der Waals surface area contributed by atoms with Gasteiger partial charge in [-0.15, -0.1) is 0 Å². The number of carboxylic acid groups (broad SMARTS) is 1. The quantitative estimate of drug-likeness (QED) is 0.836. The van der Waals surface area contributed by atoms with Crippen LogP contribution < -0.4 is 4.90 Å². The summed E-state index contributed by atoms with van der Waals surface area (Å²) < 4.78 is 0.881. The van der Waals surface area contributed by atoms with E-state index in [2.05, 4.69) is 15.9 Å². The van der Waals surface area contributed by atoms with Gasteiger partial charge in [0.15, 0.2) is 0 Å². The monoisotopic (exact) mass is 255 g/mol. The molecule has 14 heavy (non-hydrogen) atoms. The summed E-state index contributed by atoms with van der Waals surface area (Å²) in [7, 11) is 1.91. The number of nitrogens with zero attached hydrogens (tertiary/aromatic N) is 1. The predicted molar refractivity (Wildman–Crippen MR) is 57.8 cm³/mol. The Morgan fingerprint density at radius 2 is 2.36 bits per heavy atom. The van der Waals surface area contributed by atoms with E-state index in [1.165, 1.54) is 0 Å². The van der Waals surface area contributed by atoms with Crippen LogP contribution in [0.1, 0.15) is 11.5 Å². The van der Waals surface area contributed by atoms with Gasteiger partial charge in [-0.2, -0.15) is 0 Å². The number of hydrogen-bond donors (Lipinski definition) is 1. The van der Waals surface area contributed by atoms with Crippen LogP contribution in [0.5, 0.6) is 0 Å². The van der Waals surface area contributed by atoms with Crippen molar-refractivity contribution in [2.24, 2.45) is 0 Å². The second-order valence-electron chi connectivity index (χ2n) is 3.44. The van der Waals surface area contributed by atoms with Crippen LogP contribution >= 0.6 is 15.9 Å². The Hall–Kier alpha value is -1.03. The number of hydrogen-bond acceptors (Lipinski definition) is 2. The third kappa shape index (κ3) is 1.30. The lowest BCUT2D eigenvalue weighted by Gasteiger charge is -2.10. The summed E-state index contributed by atoms with van der Waals surface area (Å²) in [5.41, 5.74) is 1.90. The summed E-state index contributed by atoms with van der Waals surface area (Å²) in [5, 5.41) is 9.05. The smallest absolute Gasteiger partial charge is 0.312 e. The zero-order chi connectivity index (χ0) is 10.3. The summed E-state index contributed by atoms with van der Waals surface area (Å²) in [6, 6.07) is 5.75. The van der Waals surface area contributed by atoms with Crippen molar-refractivity contribution >= 4 is 27.6 Å². The summed E-state index contributed by atoms with van der Waals surface area (Å²) in [6.45, 7) is 0.549. The summed E-state index contributed by atoms with van der Waals surface area (Å²) in [6.07, 6.45) is 0. The van der Waals surface area contributed by atoms with E-state index in [1.54, 1.807) is 0 Å². The minimum Gasteiger partial charge on any atom is -0.481 e. The molecule has 0 bridgehead atoms. The first-order chi connectivity index (χ1) is 6.61. The Balaban J connectivity index is 2.56. The zero-order valence-corrected chi connectivity index (χ0v) is 9.28. The standard InChI is InChI=1S/C10H10BrNO2/c1-12-5-6(10(13)14)9-7(11)3-2-4-8(9)12/h2-4,6H,5H2,1H3,(H,13,14). The molecule has 1 aromatic rings. The third-order valence-electron chi connectivity index (χ3n) is 2.54. The second kappa shape index (κ2) is 3.28. The van der Waals surface area contributed by atoms with E-state index in [0.717, 1.165) is 15.7 Å². The molecule has 0 spiro atoms. The number of rotatable bonds is 1. The molecule has 0 saturated heterocycles.